The van der Waals surface area contributed by atoms with E-state index in [2.05, 4.69) is 17.6 Å². The second-order valence-corrected chi connectivity index (χ2v) is 6.20. The fourth-order valence-electron chi connectivity index (χ4n) is 3.10. The van der Waals surface area contributed by atoms with E-state index in [0.717, 1.165) is 18.5 Å². The van der Waals surface area contributed by atoms with Crippen molar-refractivity contribution in [2.24, 2.45) is 0 Å². The Balaban J connectivity index is 1.85. The summed E-state index contributed by atoms with van der Waals surface area (Å²) in [6, 6.07) is 5.04. The van der Waals surface area contributed by atoms with Crippen molar-refractivity contribution in [2.45, 2.75) is 64.1 Å². The minimum absolute atomic E-state index is 0.0147. The Bertz CT molecular complexity index is 442. The van der Waals surface area contributed by atoms with E-state index >= 15 is 0 Å². The average molecular weight is 296 g/mol. The molecule has 118 valence electrons. The molecule has 1 aliphatic heterocycles. The van der Waals surface area contributed by atoms with Crippen molar-refractivity contribution in [1.29, 1.82) is 0 Å². The van der Waals surface area contributed by atoms with Crippen LogP contribution in [0.1, 0.15) is 57.6 Å². The van der Waals surface area contributed by atoms with Gasteiger partial charge in [0, 0.05) is 18.1 Å². The molecule has 0 aliphatic carbocycles. The van der Waals surface area contributed by atoms with Crippen LogP contribution in [0.2, 0.25) is 0 Å². The van der Waals surface area contributed by atoms with Gasteiger partial charge in [-0.1, -0.05) is 18.9 Å². The van der Waals surface area contributed by atoms with Crippen LogP contribution in [0.3, 0.4) is 0 Å². The van der Waals surface area contributed by atoms with Crippen LogP contribution < -0.4 is 10.6 Å². The number of rotatable bonds is 5. The fourth-order valence-corrected chi connectivity index (χ4v) is 3.10. The Morgan fingerprint density at radius 1 is 1.19 bits per heavy atom. The Kier molecular flexibility index (Phi) is 6.12. The highest BCUT2D eigenvalue weighted by molar-refractivity contribution is 5.20. The summed E-state index contributed by atoms with van der Waals surface area (Å²) in [6.45, 7) is 5.25. The lowest BCUT2D eigenvalue weighted by Gasteiger charge is -2.25. The van der Waals surface area contributed by atoms with Crippen LogP contribution in [0.25, 0.3) is 0 Å². The molecule has 0 aromatic heterocycles. The molecule has 1 heterocycles. The Morgan fingerprint density at radius 2 is 2.00 bits per heavy atom. The first-order valence-corrected chi connectivity index (χ1v) is 8.00. The molecule has 0 amide bonds. The molecule has 2 rings (SSSR count). The number of nitrogens with one attached hydrogen (secondary N) is 2. The zero-order chi connectivity index (χ0) is 15.2. The van der Waals surface area contributed by atoms with Crippen molar-refractivity contribution in [3.63, 3.8) is 0 Å². The van der Waals surface area contributed by atoms with Gasteiger partial charge in [0.1, 0.15) is 0 Å². The van der Waals surface area contributed by atoms with Gasteiger partial charge in [-0.3, -0.25) is 0 Å². The maximum Gasteiger partial charge on any atom is 0.159 e. The third-order valence-corrected chi connectivity index (χ3v) is 4.28. The topological polar surface area (TPSA) is 24.1 Å². The SMILES string of the molecule is CC(CC1CCCCCN1)NC(C)c1ccc(F)c(F)c1. The van der Waals surface area contributed by atoms with Crippen LogP contribution in [-0.4, -0.2) is 18.6 Å². The monoisotopic (exact) mass is 296 g/mol. The molecule has 1 aromatic carbocycles. The molecule has 1 saturated heterocycles. The van der Waals surface area contributed by atoms with E-state index < -0.39 is 11.6 Å². The maximum atomic E-state index is 13.3. The molecule has 1 fully saturated rings. The number of halogens is 2. The molecule has 1 aromatic rings. The molecule has 0 spiro atoms. The van der Waals surface area contributed by atoms with Crippen molar-refractivity contribution >= 4 is 0 Å². The molecule has 4 heteroatoms. The van der Waals surface area contributed by atoms with Crippen molar-refractivity contribution in [2.75, 3.05) is 6.54 Å². The number of benzene rings is 1. The van der Waals surface area contributed by atoms with Crippen molar-refractivity contribution in [3.05, 3.63) is 35.4 Å². The highest BCUT2D eigenvalue weighted by atomic mass is 19.2. The lowest BCUT2D eigenvalue weighted by atomic mass is 10.0. The smallest absolute Gasteiger partial charge is 0.159 e. The van der Waals surface area contributed by atoms with Gasteiger partial charge in [-0.05, 0) is 57.4 Å². The van der Waals surface area contributed by atoms with Crippen LogP contribution in [0.4, 0.5) is 8.78 Å². The zero-order valence-electron chi connectivity index (χ0n) is 13.0. The molecule has 3 atom stereocenters. The van der Waals surface area contributed by atoms with E-state index in [4.69, 9.17) is 0 Å². The zero-order valence-corrected chi connectivity index (χ0v) is 13.0. The summed E-state index contributed by atoms with van der Waals surface area (Å²) >= 11 is 0. The molecule has 0 bridgehead atoms. The second-order valence-electron chi connectivity index (χ2n) is 6.20. The maximum absolute atomic E-state index is 13.3. The quantitative estimate of drug-likeness (QED) is 0.860. The molecule has 0 saturated carbocycles. The largest absolute Gasteiger partial charge is 0.314 e. The number of hydrogen-bond donors (Lipinski definition) is 2. The highest BCUT2D eigenvalue weighted by Crippen LogP contribution is 2.18. The molecule has 1 aliphatic rings. The number of hydrogen-bond acceptors (Lipinski definition) is 2. The first kappa shape index (κ1) is 16.4. The summed E-state index contributed by atoms with van der Waals surface area (Å²) in [6.07, 6.45) is 6.17. The summed E-state index contributed by atoms with van der Waals surface area (Å²) in [5, 5.41) is 7.07. The first-order valence-electron chi connectivity index (χ1n) is 8.00. The van der Waals surface area contributed by atoms with Crippen molar-refractivity contribution in [3.8, 4) is 0 Å². The Hall–Kier alpha value is -1.00. The summed E-state index contributed by atoms with van der Waals surface area (Å²) in [5.74, 6) is -1.57. The van der Waals surface area contributed by atoms with E-state index in [9.17, 15) is 8.78 Å². The average Bonchev–Trinajstić information content (AvgIpc) is 2.70. The van der Waals surface area contributed by atoms with Gasteiger partial charge in [0.05, 0.1) is 0 Å². The fraction of sp³-hybridized carbons (Fsp3) is 0.647. The van der Waals surface area contributed by atoms with Crippen LogP contribution >= 0.6 is 0 Å². The van der Waals surface area contributed by atoms with Crippen molar-refractivity contribution in [1.82, 2.24) is 10.6 Å². The molecule has 0 radical (unpaired) electrons. The van der Waals surface area contributed by atoms with Gasteiger partial charge in [-0.25, -0.2) is 8.78 Å². The van der Waals surface area contributed by atoms with Crippen LogP contribution in [0.5, 0.6) is 0 Å². The van der Waals surface area contributed by atoms with Gasteiger partial charge in [0.2, 0.25) is 0 Å². The second kappa shape index (κ2) is 7.85. The predicted molar refractivity (Wildman–Crippen MR) is 82.2 cm³/mol. The van der Waals surface area contributed by atoms with Gasteiger partial charge < -0.3 is 10.6 Å². The molecule has 3 unspecified atom stereocenters. The summed E-state index contributed by atoms with van der Waals surface area (Å²) in [5.41, 5.74) is 0.787. The third kappa shape index (κ3) is 5.04. The van der Waals surface area contributed by atoms with Gasteiger partial charge >= 0.3 is 0 Å². The van der Waals surface area contributed by atoms with Gasteiger partial charge in [-0.2, -0.15) is 0 Å². The molecular weight excluding hydrogens is 270 g/mol. The molecular formula is C17H26F2N2. The van der Waals surface area contributed by atoms with Crippen LogP contribution in [0, 0.1) is 11.6 Å². The molecule has 21 heavy (non-hydrogen) atoms. The van der Waals surface area contributed by atoms with E-state index in [-0.39, 0.29) is 6.04 Å². The molecule has 2 nitrogen and oxygen atoms in total. The summed E-state index contributed by atoms with van der Waals surface area (Å²) < 4.78 is 26.3. The standard InChI is InChI=1S/C17H26F2N2/c1-12(10-15-6-4-3-5-9-20-15)21-13(2)14-7-8-16(18)17(19)11-14/h7-8,11-13,15,20-21H,3-6,9-10H2,1-2H3. The van der Waals surface area contributed by atoms with Gasteiger partial charge in [-0.15, -0.1) is 0 Å². The van der Waals surface area contributed by atoms with Crippen molar-refractivity contribution < 1.29 is 8.78 Å². The van der Waals surface area contributed by atoms with E-state index in [1.165, 1.54) is 37.8 Å². The van der Waals surface area contributed by atoms with E-state index in [1.54, 1.807) is 6.07 Å². The predicted octanol–water partition coefficient (Wildman–Crippen LogP) is 3.93. The Labute approximate surface area is 126 Å². The molecule has 2 N–H and O–H groups in total. The lowest BCUT2D eigenvalue weighted by molar-refractivity contribution is 0.379. The van der Waals surface area contributed by atoms with E-state index in [1.807, 2.05) is 6.92 Å². The van der Waals surface area contributed by atoms with Gasteiger partial charge in [0.15, 0.2) is 11.6 Å². The van der Waals surface area contributed by atoms with Crippen LogP contribution in [0.15, 0.2) is 18.2 Å². The normalized spacial score (nSPS) is 22.6. The van der Waals surface area contributed by atoms with Gasteiger partial charge in [0.25, 0.3) is 0 Å². The Morgan fingerprint density at radius 3 is 2.76 bits per heavy atom. The summed E-state index contributed by atoms with van der Waals surface area (Å²) in [7, 11) is 0. The lowest BCUT2D eigenvalue weighted by Crippen LogP contribution is -2.37. The van der Waals surface area contributed by atoms with Crippen LogP contribution in [-0.2, 0) is 0 Å². The summed E-state index contributed by atoms with van der Waals surface area (Å²) in [4.78, 5) is 0. The van der Waals surface area contributed by atoms with E-state index in [0.29, 0.717) is 12.1 Å². The minimum atomic E-state index is -0.790. The minimum Gasteiger partial charge on any atom is -0.314 e. The third-order valence-electron chi connectivity index (χ3n) is 4.28. The highest BCUT2D eigenvalue weighted by Gasteiger charge is 2.17. The first-order chi connectivity index (χ1) is 10.1.